The molecule has 0 saturated heterocycles. The van der Waals surface area contributed by atoms with Crippen LogP contribution in [0.1, 0.15) is 37.8 Å². The maximum atomic E-state index is 13.9. The average molecular weight is 300 g/mol. The van der Waals surface area contributed by atoms with Crippen LogP contribution in [-0.4, -0.2) is 20.5 Å². The van der Waals surface area contributed by atoms with E-state index in [9.17, 15) is 12.8 Å². The van der Waals surface area contributed by atoms with Gasteiger partial charge in [-0.1, -0.05) is 6.92 Å². The van der Waals surface area contributed by atoms with Gasteiger partial charge in [-0.2, -0.15) is 0 Å². The molecule has 1 saturated carbocycles. The highest BCUT2D eigenvalue weighted by molar-refractivity contribution is 7.89. The van der Waals surface area contributed by atoms with Crippen molar-refractivity contribution >= 4 is 10.0 Å². The van der Waals surface area contributed by atoms with Crippen molar-refractivity contribution < 1.29 is 12.8 Å². The van der Waals surface area contributed by atoms with Gasteiger partial charge in [0.05, 0.1) is 4.90 Å². The summed E-state index contributed by atoms with van der Waals surface area (Å²) in [5.41, 5.74) is 0.442. The van der Waals surface area contributed by atoms with Crippen molar-refractivity contribution in [1.29, 1.82) is 0 Å². The summed E-state index contributed by atoms with van der Waals surface area (Å²) >= 11 is 0. The molecule has 112 valence electrons. The second-order valence-electron chi connectivity index (χ2n) is 5.65. The molecule has 4 nitrogen and oxygen atoms in total. The molecular formula is C14H21FN2O2S. The van der Waals surface area contributed by atoms with E-state index in [-0.39, 0.29) is 16.0 Å². The molecule has 0 aliphatic heterocycles. The maximum Gasteiger partial charge on any atom is 0.241 e. The summed E-state index contributed by atoms with van der Waals surface area (Å²) in [7, 11) is -3.67. The van der Waals surface area contributed by atoms with E-state index in [1.165, 1.54) is 13.0 Å². The highest BCUT2D eigenvalue weighted by Crippen LogP contribution is 2.36. The molecule has 1 aliphatic rings. The number of halogens is 1. The predicted molar refractivity (Wildman–Crippen MR) is 76.5 cm³/mol. The quantitative estimate of drug-likeness (QED) is 0.845. The minimum absolute atomic E-state index is 0.0403. The molecule has 6 heteroatoms. The lowest BCUT2D eigenvalue weighted by atomic mass is 10.1. The predicted octanol–water partition coefficient (Wildman–Crippen LogP) is 2.07. The first-order valence-corrected chi connectivity index (χ1v) is 8.29. The highest BCUT2D eigenvalue weighted by atomic mass is 32.2. The van der Waals surface area contributed by atoms with E-state index in [1.54, 1.807) is 6.07 Å². The lowest BCUT2D eigenvalue weighted by molar-refractivity contribution is 0.552. The SMILES string of the molecule is CCNCc1cc(F)c(C)c(S(=O)(=O)NC2(C)CC2)c1. The molecule has 1 fully saturated rings. The summed E-state index contributed by atoms with van der Waals surface area (Å²) in [6.45, 7) is 6.49. The number of hydrogen-bond acceptors (Lipinski definition) is 3. The van der Waals surface area contributed by atoms with Crippen LogP contribution in [0.25, 0.3) is 0 Å². The summed E-state index contributed by atoms with van der Waals surface area (Å²) < 4.78 is 41.4. The van der Waals surface area contributed by atoms with Crippen LogP contribution in [0.5, 0.6) is 0 Å². The van der Waals surface area contributed by atoms with E-state index in [1.807, 2.05) is 13.8 Å². The first kappa shape index (κ1) is 15.4. The third-order valence-corrected chi connectivity index (χ3v) is 5.37. The van der Waals surface area contributed by atoms with Gasteiger partial charge in [-0.15, -0.1) is 0 Å². The zero-order valence-electron chi connectivity index (χ0n) is 12.1. The zero-order valence-corrected chi connectivity index (χ0v) is 12.9. The van der Waals surface area contributed by atoms with Crippen LogP contribution in [-0.2, 0) is 16.6 Å². The summed E-state index contributed by atoms with van der Waals surface area (Å²) in [4.78, 5) is 0.0403. The molecule has 2 N–H and O–H groups in total. The molecule has 20 heavy (non-hydrogen) atoms. The molecule has 1 aromatic rings. The van der Waals surface area contributed by atoms with E-state index in [4.69, 9.17) is 0 Å². The molecule has 0 spiro atoms. The number of nitrogens with one attached hydrogen (secondary N) is 2. The van der Waals surface area contributed by atoms with Gasteiger partial charge in [0.2, 0.25) is 10.0 Å². The molecule has 1 aromatic carbocycles. The Bertz CT molecular complexity index is 610. The molecule has 0 bridgehead atoms. The normalized spacial score (nSPS) is 17.2. The van der Waals surface area contributed by atoms with Gasteiger partial charge < -0.3 is 5.32 Å². The topological polar surface area (TPSA) is 58.2 Å². The fourth-order valence-corrected chi connectivity index (χ4v) is 3.80. The molecule has 0 unspecified atom stereocenters. The third-order valence-electron chi connectivity index (χ3n) is 3.61. The van der Waals surface area contributed by atoms with Crippen LogP contribution >= 0.6 is 0 Å². The van der Waals surface area contributed by atoms with Gasteiger partial charge in [-0.05, 0) is 50.9 Å². The van der Waals surface area contributed by atoms with E-state index in [2.05, 4.69) is 10.0 Å². The Morgan fingerprint density at radius 2 is 2.00 bits per heavy atom. The molecule has 0 atom stereocenters. The van der Waals surface area contributed by atoms with Crippen LogP contribution in [0.15, 0.2) is 17.0 Å². The molecule has 0 heterocycles. The van der Waals surface area contributed by atoms with Crippen LogP contribution in [0.2, 0.25) is 0 Å². The van der Waals surface area contributed by atoms with Gasteiger partial charge in [-0.3, -0.25) is 0 Å². The first-order valence-electron chi connectivity index (χ1n) is 6.81. The van der Waals surface area contributed by atoms with Gasteiger partial charge >= 0.3 is 0 Å². The van der Waals surface area contributed by atoms with Crippen molar-refractivity contribution in [3.63, 3.8) is 0 Å². The van der Waals surface area contributed by atoms with Crippen molar-refractivity contribution in [2.75, 3.05) is 6.54 Å². The number of hydrogen-bond donors (Lipinski definition) is 2. The maximum absolute atomic E-state index is 13.9. The standard InChI is InChI=1S/C14H21FN2O2S/c1-4-16-9-11-7-12(15)10(2)13(8-11)20(18,19)17-14(3)5-6-14/h7-8,16-17H,4-6,9H2,1-3H3. The van der Waals surface area contributed by atoms with Gasteiger partial charge in [0.15, 0.2) is 0 Å². The molecular weight excluding hydrogens is 279 g/mol. The van der Waals surface area contributed by atoms with Crippen LogP contribution in [0.4, 0.5) is 4.39 Å². The number of rotatable bonds is 6. The van der Waals surface area contributed by atoms with Gasteiger partial charge in [0.25, 0.3) is 0 Å². The zero-order chi connectivity index (χ0) is 15.0. The minimum Gasteiger partial charge on any atom is -0.313 e. The van der Waals surface area contributed by atoms with E-state index in [0.29, 0.717) is 12.1 Å². The number of benzene rings is 1. The second-order valence-corrected chi connectivity index (χ2v) is 7.30. The Morgan fingerprint density at radius 1 is 1.35 bits per heavy atom. The van der Waals surface area contributed by atoms with Gasteiger partial charge in [0.1, 0.15) is 5.82 Å². The summed E-state index contributed by atoms with van der Waals surface area (Å²) in [6.07, 6.45) is 1.65. The van der Waals surface area contributed by atoms with E-state index < -0.39 is 15.8 Å². The Morgan fingerprint density at radius 3 is 2.55 bits per heavy atom. The Labute approximate surface area is 119 Å². The molecule has 2 rings (SSSR count). The first-order chi connectivity index (χ1) is 9.27. The van der Waals surface area contributed by atoms with Crippen LogP contribution < -0.4 is 10.0 Å². The fraction of sp³-hybridized carbons (Fsp3) is 0.571. The molecule has 0 amide bonds. The Kier molecular flexibility index (Phi) is 4.18. The Balaban J connectivity index is 2.36. The Hall–Kier alpha value is -0.980. The van der Waals surface area contributed by atoms with Crippen molar-refractivity contribution in [1.82, 2.24) is 10.0 Å². The summed E-state index contributed by atoms with van der Waals surface area (Å²) in [6, 6.07) is 2.94. The molecule has 0 aromatic heterocycles. The monoisotopic (exact) mass is 300 g/mol. The smallest absolute Gasteiger partial charge is 0.241 e. The van der Waals surface area contributed by atoms with Crippen LogP contribution in [0.3, 0.4) is 0 Å². The lowest BCUT2D eigenvalue weighted by Gasteiger charge is -2.15. The van der Waals surface area contributed by atoms with Crippen molar-refractivity contribution in [3.05, 3.63) is 29.1 Å². The second kappa shape index (κ2) is 5.42. The summed E-state index contributed by atoms with van der Waals surface area (Å²) in [5, 5.41) is 3.07. The van der Waals surface area contributed by atoms with Crippen molar-refractivity contribution in [2.24, 2.45) is 0 Å². The van der Waals surface area contributed by atoms with Crippen molar-refractivity contribution in [3.8, 4) is 0 Å². The molecule has 0 radical (unpaired) electrons. The molecule has 1 aliphatic carbocycles. The van der Waals surface area contributed by atoms with E-state index >= 15 is 0 Å². The van der Waals surface area contributed by atoms with Gasteiger partial charge in [-0.25, -0.2) is 17.5 Å². The fourth-order valence-electron chi connectivity index (χ4n) is 2.03. The lowest BCUT2D eigenvalue weighted by Crippen LogP contribution is -2.34. The highest BCUT2D eigenvalue weighted by Gasteiger charge is 2.41. The summed E-state index contributed by atoms with van der Waals surface area (Å²) in [5.74, 6) is -0.485. The van der Waals surface area contributed by atoms with Gasteiger partial charge in [0, 0.05) is 17.6 Å². The van der Waals surface area contributed by atoms with Crippen molar-refractivity contribution in [2.45, 2.75) is 50.6 Å². The minimum atomic E-state index is -3.67. The van der Waals surface area contributed by atoms with Crippen LogP contribution in [0, 0.1) is 12.7 Å². The van der Waals surface area contributed by atoms with E-state index in [0.717, 1.165) is 19.4 Å². The third kappa shape index (κ3) is 3.37. The average Bonchev–Trinajstić information content (AvgIpc) is 3.06. The number of sulfonamides is 1. The largest absolute Gasteiger partial charge is 0.313 e.